The summed E-state index contributed by atoms with van der Waals surface area (Å²) in [5.41, 5.74) is 3.54. The second kappa shape index (κ2) is 9.12. The monoisotopic (exact) mass is 462 g/mol. The number of hydrogen-bond donors (Lipinski definition) is 3. The number of hydrogen-bond acceptors (Lipinski definition) is 4. The first kappa shape index (κ1) is 22.4. The zero-order chi connectivity index (χ0) is 23.7. The van der Waals surface area contributed by atoms with E-state index in [0.717, 1.165) is 47.9 Å². The number of carbonyl (C=O) groups excluding carboxylic acids is 2. The molecule has 0 bridgehead atoms. The van der Waals surface area contributed by atoms with Crippen molar-refractivity contribution in [3.05, 3.63) is 59.7 Å². The van der Waals surface area contributed by atoms with Gasteiger partial charge in [0.2, 0.25) is 5.91 Å². The zero-order valence-corrected chi connectivity index (χ0v) is 19.1. The van der Waals surface area contributed by atoms with Crippen LogP contribution in [0.2, 0.25) is 0 Å². The van der Waals surface area contributed by atoms with Gasteiger partial charge in [0, 0.05) is 12.0 Å². The van der Waals surface area contributed by atoms with Crippen LogP contribution in [0.4, 0.5) is 4.79 Å². The van der Waals surface area contributed by atoms with Gasteiger partial charge in [0.25, 0.3) is 0 Å². The summed E-state index contributed by atoms with van der Waals surface area (Å²) in [6.07, 6.45) is 4.05. The summed E-state index contributed by atoms with van der Waals surface area (Å²) >= 11 is 0. The van der Waals surface area contributed by atoms with E-state index in [-0.39, 0.29) is 30.8 Å². The average molecular weight is 463 g/mol. The lowest BCUT2D eigenvalue weighted by Gasteiger charge is -2.42. The van der Waals surface area contributed by atoms with Gasteiger partial charge in [-0.25, -0.2) is 4.79 Å². The SMILES string of the molecule is O=C(O)CC(NC(=O)C1(NC(=O)OCC2c3ccccc3-c3ccccc32)CCC1)C1CCC1. The quantitative estimate of drug-likeness (QED) is 0.545. The van der Waals surface area contributed by atoms with Gasteiger partial charge < -0.3 is 20.5 Å². The molecule has 34 heavy (non-hydrogen) atoms. The number of fused-ring (bicyclic) bond motifs is 3. The van der Waals surface area contributed by atoms with Gasteiger partial charge >= 0.3 is 12.1 Å². The maximum absolute atomic E-state index is 13.1. The predicted molar refractivity (Wildman–Crippen MR) is 126 cm³/mol. The number of carboxylic acid groups (broad SMARTS) is 1. The van der Waals surface area contributed by atoms with Crippen molar-refractivity contribution in [3.8, 4) is 11.1 Å². The topological polar surface area (TPSA) is 105 Å². The van der Waals surface area contributed by atoms with Crippen LogP contribution in [0.15, 0.2) is 48.5 Å². The summed E-state index contributed by atoms with van der Waals surface area (Å²) in [6.45, 7) is 0.182. The average Bonchev–Trinajstić information content (AvgIpc) is 3.07. The number of carboxylic acids is 1. The Morgan fingerprint density at radius 3 is 2.09 bits per heavy atom. The summed E-state index contributed by atoms with van der Waals surface area (Å²) in [6, 6.07) is 15.9. The first-order valence-electron chi connectivity index (χ1n) is 12.1. The van der Waals surface area contributed by atoms with Gasteiger partial charge in [-0.15, -0.1) is 0 Å². The molecule has 7 heteroatoms. The number of rotatable bonds is 8. The van der Waals surface area contributed by atoms with Crippen LogP contribution in [0, 0.1) is 5.92 Å². The van der Waals surface area contributed by atoms with E-state index in [1.54, 1.807) is 0 Å². The van der Waals surface area contributed by atoms with E-state index in [9.17, 15) is 19.5 Å². The standard InChI is InChI=1S/C27H30N2O5/c30-24(31)15-23(17-7-5-8-17)28-25(32)27(13-6-14-27)29-26(33)34-16-22-20-11-3-1-9-18(20)19-10-2-4-12-21(19)22/h1-4,9-12,17,22-23H,5-8,13-16H2,(H,28,32)(H,29,33)(H,30,31). The molecule has 2 fully saturated rings. The van der Waals surface area contributed by atoms with Crippen molar-refractivity contribution in [2.75, 3.05) is 6.61 Å². The molecule has 2 aromatic rings. The summed E-state index contributed by atoms with van der Waals surface area (Å²) in [5, 5.41) is 15.0. The van der Waals surface area contributed by atoms with Crippen LogP contribution in [-0.2, 0) is 14.3 Å². The van der Waals surface area contributed by atoms with Crippen molar-refractivity contribution in [2.24, 2.45) is 5.92 Å². The molecule has 3 aliphatic carbocycles. The van der Waals surface area contributed by atoms with Crippen LogP contribution in [0.1, 0.15) is 62.0 Å². The third-order valence-corrected chi connectivity index (χ3v) is 7.76. The van der Waals surface area contributed by atoms with Gasteiger partial charge in [-0.3, -0.25) is 9.59 Å². The second-order valence-corrected chi connectivity index (χ2v) is 9.76. The predicted octanol–water partition coefficient (Wildman–Crippen LogP) is 4.21. The third kappa shape index (κ3) is 4.15. The Balaban J connectivity index is 1.23. The van der Waals surface area contributed by atoms with Crippen molar-refractivity contribution < 1.29 is 24.2 Å². The fourth-order valence-electron chi connectivity index (χ4n) is 5.44. The number of amides is 2. The Morgan fingerprint density at radius 2 is 1.59 bits per heavy atom. The van der Waals surface area contributed by atoms with E-state index < -0.39 is 23.6 Å². The lowest BCUT2D eigenvalue weighted by Crippen LogP contribution is -2.65. The summed E-state index contributed by atoms with van der Waals surface area (Å²) < 4.78 is 5.65. The van der Waals surface area contributed by atoms with Crippen molar-refractivity contribution in [2.45, 2.75) is 62.4 Å². The van der Waals surface area contributed by atoms with Crippen LogP contribution in [-0.4, -0.2) is 41.3 Å². The van der Waals surface area contributed by atoms with E-state index in [1.807, 2.05) is 24.3 Å². The Morgan fingerprint density at radius 1 is 0.971 bits per heavy atom. The molecule has 178 valence electrons. The molecule has 0 radical (unpaired) electrons. The highest BCUT2D eigenvalue weighted by atomic mass is 16.5. The minimum absolute atomic E-state index is 0.0529. The van der Waals surface area contributed by atoms with Crippen molar-refractivity contribution in [1.82, 2.24) is 10.6 Å². The molecule has 3 N–H and O–H groups in total. The third-order valence-electron chi connectivity index (χ3n) is 7.76. The number of benzene rings is 2. The van der Waals surface area contributed by atoms with Gasteiger partial charge in [0.05, 0.1) is 6.42 Å². The first-order chi connectivity index (χ1) is 16.5. The molecular weight excluding hydrogens is 432 g/mol. The molecule has 0 aliphatic heterocycles. The molecule has 5 rings (SSSR count). The normalized spacial score (nSPS) is 19.1. The number of carbonyl (C=O) groups is 3. The highest BCUT2D eigenvalue weighted by molar-refractivity contribution is 5.91. The molecule has 0 saturated heterocycles. The second-order valence-electron chi connectivity index (χ2n) is 9.76. The van der Waals surface area contributed by atoms with E-state index in [2.05, 4.69) is 34.9 Å². The highest BCUT2D eigenvalue weighted by Crippen LogP contribution is 2.44. The fraction of sp³-hybridized carbons (Fsp3) is 0.444. The van der Waals surface area contributed by atoms with E-state index in [0.29, 0.717) is 12.8 Å². The van der Waals surface area contributed by atoms with Gasteiger partial charge in [-0.05, 0) is 60.3 Å². The summed E-state index contributed by atoms with van der Waals surface area (Å²) in [7, 11) is 0. The fourth-order valence-corrected chi connectivity index (χ4v) is 5.44. The largest absolute Gasteiger partial charge is 0.481 e. The van der Waals surface area contributed by atoms with E-state index >= 15 is 0 Å². The maximum atomic E-state index is 13.1. The van der Waals surface area contributed by atoms with Crippen LogP contribution in [0.3, 0.4) is 0 Å². The lowest BCUT2D eigenvalue weighted by molar-refractivity contribution is -0.139. The Labute approximate surface area is 198 Å². The van der Waals surface area contributed by atoms with Gasteiger partial charge in [-0.1, -0.05) is 55.0 Å². The molecule has 2 saturated carbocycles. The van der Waals surface area contributed by atoms with Crippen molar-refractivity contribution >= 4 is 18.0 Å². The maximum Gasteiger partial charge on any atom is 0.408 e. The number of alkyl carbamates (subject to hydrolysis) is 1. The summed E-state index contributed by atoms with van der Waals surface area (Å²) in [5.74, 6) is -1.09. The molecule has 1 atom stereocenters. The molecule has 2 aromatic carbocycles. The van der Waals surface area contributed by atoms with E-state index in [1.165, 1.54) is 0 Å². The van der Waals surface area contributed by atoms with E-state index in [4.69, 9.17) is 4.74 Å². The number of ether oxygens (including phenoxy) is 1. The number of nitrogens with one attached hydrogen (secondary N) is 2. The van der Waals surface area contributed by atoms with Crippen LogP contribution < -0.4 is 10.6 Å². The van der Waals surface area contributed by atoms with Crippen molar-refractivity contribution in [3.63, 3.8) is 0 Å². The lowest BCUT2D eigenvalue weighted by atomic mass is 9.74. The highest BCUT2D eigenvalue weighted by Gasteiger charge is 2.47. The van der Waals surface area contributed by atoms with Crippen molar-refractivity contribution in [1.29, 1.82) is 0 Å². The molecule has 0 spiro atoms. The molecule has 3 aliphatic rings. The minimum atomic E-state index is -1.02. The molecule has 2 amide bonds. The molecule has 7 nitrogen and oxygen atoms in total. The Hall–Kier alpha value is -3.35. The minimum Gasteiger partial charge on any atom is -0.481 e. The first-order valence-corrected chi connectivity index (χ1v) is 12.1. The Bertz CT molecular complexity index is 1060. The van der Waals surface area contributed by atoms with Crippen LogP contribution >= 0.6 is 0 Å². The van der Waals surface area contributed by atoms with Crippen LogP contribution in [0.25, 0.3) is 11.1 Å². The van der Waals surface area contributed by atoms with Gasteiger partial charge in [-0.2, -0.15) is 0 Å². The molecule has 0 aromatic heterocycles. The molecular formula is C27H30N2O5. The smallest absolute Gasteiger partial charge is 0.408 e. The molecule has 1 unspecified atom stereocenters. The summed E-state index contributed by atoms with van der Waals surface area (Å²) in [4.78, 5) is 37.2. The molecule has 0 heterocycles. The number of aliphatic carboxylic acids is 1. The van der Waals surface area contributed by atoms with Gasteiger partial charge in [0.1, 0.15) is 12.1 Å². The zero-order valence-electron chi connectivity index (χ0n) is 19.1. The van der Waals surface area contributed by atoms with Gasteiger partial charge in [0.15, 0.2) is 0 Å². The Kier molecular flexibility index (Phi) is 6.02. The van der Waals surface area contributed by atoms with Crippen LogP contribution in [0.5, 0.6) is 0 Å².